The lowest BCUT2D eigenvalue weighted by Gasteiger charge is -2.20. The van der Waals surface area contributed by atoms with Crippen LogP contribution in [0, 0.1) is 17.0 Å². The minimum Gasteiger partial charge on any atom is -0.381 e. The number of aryl methyl sites for hydroxylation is 1. The third-order valence-corrected chi connectivity index (χ3v) is 2.96. The van der Waals surface area contributed by atoms with Crippen LogP contribution in [0.25, 0.3) is 5.69 Å². The number of hydrogen-bond donors (Lipinski definition) is 1. The number of nitro groups is 1. The standard InChI is InChI=1S/C13H17N5O2/c1-8-5-6-9(18(19)20)10(7-8)17-11(13(2,3)4)12(14)15-16-17/h5-7H,14H2,1-4H3. The zero-order valence-electron chi connectivity index (χ0n) is 11.9. The van der Waals surface area contributed by atoms with E-state index in [4.69, 9.17) is 5.73 Å². The van der Waals surface area contributed by atoms with Crippen molar-refractivity contribution in [3.8, 4) is 5.69 Å². The summed E-state index contributed by atoms with van der Waals surface area (Å²) >= 11 is 0. The van der Waals surface area contributed by atoms with E-state index in [0.29, 0.717) is 11.4 Å². The third kappa shape index (κ3) is 2.34. The lowest BCUT2D eigenvalue weighted by Crippen LogP contribution is -2.19. The Kier molecular flexibility index (Phi) is 3.21. The van der Waals surface area contributed by atoms with Crippen molar-refractivity contribution < 1.29 is 4.92 Å². The van der Waals surface area contributed by atoms with E-state index >= 15 is 0 Å². The molecule has 0 spiro atoms. The van der Waals surface area contributed by atoms with Gasteiger partial charge in [-0.3, -0.25) is 10.1 Å². The number of nitrogens with two attached hydrogens (primary N) is 1. The van der Waals surface area contributed by atoms with E-state index in [-0.39, 0.29) is 16.9 Å². The van der Waals surface area contributed by atoms with Gasteiger partial charge in [-0.1, -0.05) is 32.1 Å². The zero-order valence-corrected chi connectivity index (χ0v) is 11.9. The van der Waals surface area contributed by atoms with Crippen molar-refractivity contribution in [1.82, 2.24) is 15.0 Å². The lowest BCUT2D eigenvalue weighted by atomic mass is 9.91. The Morgan fingerprint density at radius 3 is 2.55 bits per heavy atom. The summed E-state index contributed by atoms with van der Waals surface area (Å²) in [5, 5.41) is 19.0. The predicted molar refractivity (Wildman–Crippen MR) is 75.9 cm³/mol. The minimum atomic E-state index is -0.431. The summed E-state index contributed by atoms with van der Waals surface area (Å²) in [5.41, 5.74) is 7.45. The number of nitro benzene ring substituents is 1. The Bertz CT molecular complexity index is 670. The second-order valence-electron chi connectivity index (χ2n) is 5.73. The first-order valence-electron chi connectivity index (χ1n) is 6.19. The molecule has 0 saturated heterocycles. The molecule has 0 saturated carbocycles. The van der Waals surface area contributed by atoms with Crippen molar-refractivity contribution in [2.45, 2.75) is 33.1 Å². The quantitative estimate of drug-likeness (QED) is 0.669. The molecule has 0 aliphatic rings. The molecule has 0 amide bonds. The molecule has 1 aromatic heterocycles. The van der Waals surface area contributed by atoms with Crippen LogP contribution in [-0.2, 0) is 5.41 Å². The maximum absolute atomic E-state index is 11.2. The molecule has 1 heterocycles. The number of nitrogen functional groups attached to an aromatic ring is 1. The van der Waals surface area contributed by atoms with Gasteiger partial charge in [0, 0.05) is 11.5 Å². The first-order chi connectivity index (χ1) is 9.21. The van der Waals surface area contributed by atoms with E-state index < -0.39 is 4.92 Å². The maximum atomic E-state index is 11.2. The molecule has 0 unspecified atom stereocenters. The third-order valence-electron chi connectivity index (χ3n) is 2.96. The maximum Gasteiger partial charge on any atom is 0.294 e. The molecule has 2 rings (SSSR count). The number of hydrogen-bond acceptors (Lipinski definition) is 5. The monoisotopic (exact) mass is 275 g/mol. The van der Waals surface area contributed by atoms with Crippen LogP contribution in [0.4, 0.5) is 11.5 Å². The number of benzene rings is 1. The van der Waals surface area contributed by atoms with E-state index in [1.54, 1.807) is 12.1 Å². The van der Waals surface area contributed by atoms with Gasteiger partial charge < -0.3 is 5.73 Å². The highest BCUT2D eigenvalue weighted by molar-refractivity contribution is 5.56. The van der Waals surface area contributed by atoms with Gasteiger partial charge in [0.15, 0.2) is 5.82 Å². The van der Waals surface area contributed by atoms with E-state index in [9.17, 15) is 10.1 Å². The number of nitrogens with zero attached hydrogens (tertiary/aromatic N) is 4. The fourth-order valence-corrected chi connectivity index (χ4v) is 2.12. The first-order valence-corrected chi connectivity index (χ1v) is 6.19. The second-order valence-corrected chi connectivity index (χ2v) is 5.73. The summed E-state index contributed by atoms with van der Waals surface area (Å²) in [6, 6.07) is 4.87. The minimum absolute atomic E-state index is 0.0222. The summed E-state index contributed by atoms with van der Waals surface area (Å²) in [7, 11) is 0. The van der Waals surface area contributed by atoms with Gasteiger partial charge >= 0.3 is 0 Å². The fourth-order valence-electron chi connectivity index (χ4n) is 2.12. The molecular formula is C13H17N5O2. The van der Waals surface area contributed by atoms with Gasteiger partial charge in [-0.15, -0.1) is 5.10 Å². The Balaban J connectivity index is 2.76. The topological polar surface area (TPSA) is 99.9 Å². The number of rotatable bonds is 2. The molecule has 0 bridgehead atoms. The van der Waals surface area contributed by atoms with E-state index in [1.807, 2.05) is 27.7 Å². The second kappa shape index (κ2) is 4.59. The van der Waals surface area contributed by atoms with Gasteiger partial charge in [-0.25, -0.2) is 4.68 Å². The summed E-state index contributed by atoms with van der Waals surface area (Å²) < 4.78 is 1.46. The van der Waals surface area contributed by atoms with Crippen LogP contribution in [0.3, 0.4) is 0 Å². The fraction of sp³-hybridized carbons (Fsp3) is 0.385. The van der Waals surface area contributed by atoms with Crippen molar-refractivity contribution in [1.29, 1.82) is 0 Å². The molecule has 7 nitrogen and oxygen atoms in total. The first kappa shape index (κ1) is 14.0. The Morgan fingerprint density at radius 1 is 1.35 bits per heavy atom. The molecule has 0 radical (unpaired) electrons. The smallest absolute Gasteiger partial charge is 0.294 e. The van der Waals surface area contributed by atoms with E-state index in [0.717, 1.165) is 5.56 Å². The van der Waals surface area contributed by atoms with Gasteiger partial charge in [0.2, 0.25) is 0 Å². The van der Waals surface area contributed by atoms with Crippen LogP contribution >= 0.6 is 0 Å². The Labute approximate surface area is 116 Å². The van der Waals surface area contributed by atoms with Gasteiger partial charge in [0.05, 0.1) is 10.6 Å². The summed E-state index contributed by atoms with van der Waals surface area (Å²) in [6.45, 7) is 7.74. The van der Waals surface area contributed by atoms with E-state index in [2.05, 4.69) is 10.3 Å². The zero-order chi connectivity index (χ0) is 15.1. The Morgan fingerprint density at radius 2 is 2.00 bits per heavy atom. The lowest BCUT2D eigenvalue weighted by molar-refractivity contribution is -0.384. The highest BCUT2D eigenvalue weighted by Gasteiger charge is 2.28. The number of anilines is 1. The van der Waals surface area contributed by atoms with Crippen LogP contribution in [-0.4, -0.2) is 19.9 Å². The van der Waals surface area contributed by atoms with Crippen molar-refractivity contribution in [2.75, 3.05) is 5.73 Å². The van der Waals surface area contributed by atoms with Crippen LogP contribution in [0.2, 0.25) is 0 Å². The average molecular weight is 275 g/mol. The normalized spacial score (nSPS) is 11.6. The highest BCUT2D eigenvalue weighted by atomic mass is 16.6. The van der Waals surface area contributed by atoms with Gasteiger partial charge in [0.25, 0.3) is 5.69 Å². The predicted octanol–water partition coefficient (Wildman–Crippen LogP) is 2.36. The Hall–Kier alpha value is -2.44. The van der Waals surface area contributed by atoms with Gasteiger partial charge in [0.1, 0.15) is 5.69 Å². The van der Waals surface area contributed by atoms with E-state index in [1.165, 1.54) is 10.7 Å². The molecule has 2 N–H and O–H groups in total. The van der Waals surface area contributed by atoms with Crippen molar-refractivity contribution in [3.63, 3.8) is 0 Å². The SMILES string of the molecule is Cc1ccc([N+](=O)[O-])c(-n2nnc(N)c2C(C)(C)C)c1. The van der Waals surface area contributed by atoms with Gasteiger partial charge in [-0.2, -0.15) is 0 Å². The molecule has 0 aliphatic carbocycles. The molecule has 106 valence electrons. The highest BCUT2D eigenvalue weighted by Crippen LogP contribution is 2.32. The molecule has 7 heteroatoms. The van der Waals surface area contributed by atoms with Crippen molar-refractivity contribution in [3.05, 3.63) is 39.6 Å². The molecule has 0 fully saturated rings. The molecule has 0 aliphatic heterocycles. The average Bonchev–Trinajstić information content (AvgIpc) is 2.70. The van der Waals surface area contributed by atoms with Crippen LogP contribution in [0.5, 0.6) is 0 Å². The van der Waals surface area contributed by atoms with Crippen LogP contribution < -0.4 is 5.73 Å². The molecule has 1 aromatic carbocycles. The largest absolute Gasteiger partial charge is 0.381 e. The summed E-state index contributed by atoms with van der Waals surface area (Å²) in [4.78, 5) is 10.8. The molecular weight excluding hydrogens is 258 g/mol. The molecule has 2 aromatic rings. The van der Waals surface area contributed by atoms with Crippen molar-refractivity contribution in [2.24, 2.45) is 0 Å². The van der Waals surface area contributed by atoms with Crippen LogP contribution in [0.1, 0.15) is 32.0 Å². The van der Waals surface area contributed by atoms with Crippen molar-refractivity contribution >= 4 is 11.5 Å². The molecule has 20 heavy (non-hydrogen) atoms. The molecule has 0 atom stereocenters. The number of aromatic nitrogens is 3. The summed E-state index contributed by atoms with van der Waals surface area (Å²) in [5.74, 6) is 0.285. The summed E-state index contributed by atoms with van der Waals surface area (Å²) in [6.07, 6.45) is 0. The van der Waals surface area contributed by atoms with Gasteiger partial charge in [-0.05, 0) is 18.6 Å². The van der Waals surface area contributed by atoms with Crippen LogP contribution in [0.15, 0.2) is 18.2 Å².